The highest BCUT2D eigenvalue weighted by molar-refractivity contribution is 5.92. The molecule has 134 valence electrons. The number of nitrogens with zero attached hydrogens (tertiary/aromatic N) is 2. The second kappa shape index (κ2) is 7.82. The summed E-state index contributed by atoms with van der Waals surface area (Å²) in [5.74, 6) is 0.261. The SMILES string of the molecule is COc1ccc(CCNC(=O)c2cc(C)n(-c3ccc(F)cc3)n2)cc1. The van der Waals surface area contributed by atoms with E-state index in [1.165, 1.54) is 12.1 Å². The maximum Gasteiger partial charge on any atom is 0.271 e. The van der Waals surface area contributed by atoms with Crippen molar-refractivity contribution in [1.82, 2.24) is 15.1 Å². The Hall–Kier alpha value is -3.15. The number of carbonyl (C=O) groups excluding carboxylic acids is 1. The highest BCUT2D eigenvalue weighted by Crippen LogP contribution is 2.13. The number of amides is 1. The minimum atomic E-state index is -0.310. The van der Waals surface area contributed by atoms with E-state index in [0.29, 0.717) is 24.3 Å². The van der Waals surface area contributed by atoms with Gasteiger partial charge in [0.1, 0.15) is 11.6 Å². The molecule has 26 heavy (non-hydrogen) atoms. The highest BCUT2D eigenvalue weighted by Gasteiger charge is 2.13. The predicted octanol–water partition coefficient (Wildman–Crippen LogP) is 3.30. The summed E-state index contributed by atoms with van der Waals surface area (Å²) in [6, 6.07) is 15.4. The molecule has 0 spiro atoms. The Morgan fingerprint density at radius 3 is 2.50 bits per heavy atom. The van der Waals surface area contributed by atoms with Crippen LogP contribution in [0.4, 0.5) is 4.39 Å². The summed E-state index contributed by atoms with van der Waals surface area (Å²) in [5.41, 5.74) is 2.96. The van der Waals surface area contributed by atoms with Crippen LogP contribution in [0.1, 0.15) is 21.7 Å². The molecule has 3 aromatic rings. The van der Waals surface area contributed by atoms with Crippen molar-refractivity contribution < 1.29 is 13.9 Å². The van der Waals surface area contributed by atoms with Gasteiger partial charge in [0, 0.05) is 12.2 Å². The number of benzene rings is 2. The number of ether oxygens (including phenoxy) is 1. The van der Waals surface area contributed by atoms with Gasteiger partial charge in [-0.1, -0.05) is 12.1 Å². The van der Waals surface area contributed by atoms with E-state index in [1.54, 1.807) is 30.0 Å². The smallest absolute Gasteiger partial charge is 0.271 e. The van der Waals surface area contributed by atoms with Crippen LogP contribution in [0.2, 0.25) is 0 Å². The maximum absolute atomic E-state index is 13.1. The van der Waals surface area contributed by atoms with Crippen molar-refractivity contribution in [1.29, 1.82) is 0 Å². The molecule has 0 aliphatic rings. The van der Waals surface area contributed by atoms with E-state index in [9.17, 15) is 9.18 Å². The van der Waals surface area contributed by atoms with Gasteiger partial charge in [0.15, 0.2) is 5.69 Å². The number of hydrogen-bond donors (Lipinski definition) is 1. The number of rotatable bonds is 6. The van der Waals surface area contributed by atoms with E-state index in [2.05, 4.69) is 10.4 Å². The highest BCUT2D eigenvalue weighted by atomic mass is 19.1. The molecule has 0 saturated carbocycles. The molecule has 1 heterocycles. The van der Waals surface area contributed by atoms with Gasteiger partial charge >= 0.3 is 0 Å². The summed E-state index contributed by atoms with van der Waals surface area (Å²) in [7, 11) is 1.63. The van der Waals surface area contributed by atoms with Crippen LogP contribution in [0.3, 0.4) is 0 Å². The summed E-state index contributed by atoms with van der Waals surface area (Å²) in [6.07, 6.45) is 0.716. The lowest BCUT2D eigenvalue weighted by molar-refractivity contribution is 0.0948. The molecule has 0 unspecified atom stereocenters. The first-order valence-electron chi connectivity index (χ1n) is 8.30. The first-order valence-corrected chi connectivity index (χ1v) is 8.30. The van der Waals surface area contributed by atoms with Crippen molar-refractivity contribution in [3.63, 3.8) is 0 Å². The summed E-state index contributed by atoms with van der Waals surface area (Å²) in [5, 5.41) is 7.19. The van der Waals surface area contributed by atoms with E-state index in [1.807, 2.05) is 31.2 Å². The molecule has 2 aromatic carbocycles. The second-order valence-electron chi connectivity index (χ2n) is 5.91. The molecule has 0 fully saturated rings. The fourth-order valence-corrected chi connectivity index (χ4v) is 2.63. The average molecular weight is 353 g/mol. The Bertz CT molecular complexity index is 886. The number of methoxy groups -OCH3 is 1. The van der Waals surface area contributed by atoms with Crippen molar-refractivity contribution in [3.05, 3.63) is 77.4 Å². The van der Waals surface area contributed by atoms with Gasteiger partial charge in [-0.2, -0.15) is 5.10 Å². The molecule has 0 atom stereocenters. The number of nitrogens with one attached hydrogen (secondary N) is 1. The van der Waals surface area contributed by atoms with E-state index in [-0.39, 0.29) is 11.7 Å². The lowest BCUT2D eigenvalue weighted by Crippen LogP contribution is -2.26. The van der Waals surface area contributed by atoms with Gasteiger partial charge in [0.2, 0.25) is 0 Å². The van der Waals surface area contributed by atoms with E-state index < -0.39 is 0 Å². The Morgan fingerprint density at radius 2 is 1.85 bits per heavy atom. The van der Waals surface area contributed by atoms with Crippen molar-refractivity contribution in [2.45, 2.75) is 13.3 Å². The third-order valence-electron chi connectivity index (χ3n) is 4.05. The number of aryl methyl sites for hydroxylation is 1. The summed E-state index contributed by atoms with van der Waals surface area (Å²) < 4.78 is 19.8. The molecule has 1 N–H and O–H groups in total. The van der Waals surface area contributed by atoms with Crippen LogP contribution in [-0.4, -0.2) is 29.3 Å². The number of halogens is 1. The summed E-state index contributed by atoms with van der Waals surface area (Å²) in [6.45, 7) is 2.36. The second-order valence-corrected chi connectivity index (χ2v) is 5.91. The van der Waals surface area contributed by atoms with Gasteiger partial charge in [0.05, 0.1) is 12.8 Å². The van der Waals surface area contributed by atoms with Gasteiger partial charge < -0.3 is 10.1 Å². The molecule has 1 amide bonds. The zero-order valence-corrected chi connectivity index (χ0v) is 14.7. The van der Waals surface area contributed by atoms with Gasteiger partial charge in [-0.3, -0.25) is 4.79 Å². The molecular weight excluding hydrogens is 333 g/mol. The lowest BCUT2D eigenvalue weighted by Gasteiger charge is -2.05. The van der Waals surface area contributed by atoms with Crippen molar-refractivity contribution >= 4 is 5.91 Å². The third kappa shape index (κ3) is 4.08. The van der Waals surface area contributed by atoms with Crippen LogP contribution in [0.5, 0.6) is 5.75 Å². The average Bonchev–Trinajstić information content (AvgIpc) is 3.05. The molecule has 1 aromatic heterocycles. The van der Waals surface area contributed by atoms with Crippen LogP contribution in [-0.2, 0) is 6.42 Å². The minimum Gasteiger partial charge on any atom is -0.497 e. The summed E-state index contributed by atoms with van der Waals surface area (Å²) in [4.78, 5) is 12.3. The first-order chi connectivity index (χ1) is 12.6. The standard InChI is InChI=1S/C20H20FN3O2/c1-14-13-19(23-24(14)17-7-5-16(21)6-8-17)20(25)22-12-11-15-3-9-18(26-2)10-4-15/h3-10,13H,11-12H2,1-2H3,(H,22,25). The molecule has 0 aliphatic carbocycles. The zero-order valence-electron chi connectivity index (χ0n) is 14.7. The molecule has 3 rings (SSSR count). The van der Waals surface area contributed by atoms with Crippen molar-refractivity contribution in [2.75, 3.05) is 13.7 Å². The van der Waals surface area contributed by atoms with E-state index in [4.69, 9.17) is 4.74 Å². The predicted molar refractivity (Wildman–Crippen MR) is 97.3 cm³/mol. The zero-order chi connectivity index (χ0) is 18.5. The van der Waals surface area contributed by atoms with Gasteiger partial charge in [0.25, 0.3) is 5.91 Å². The third-order valence-corrected chi connectivity index (χ3v) is 4.05. The largest absolute Gasteiger partial charge is 0.497 e. The quantitative estimate of drug-likeness (QED) is 0.740. The molecule has 0 bridgehead atoms. The first kappa shape index (κ1) is 17.7. The van der Waals surface area contributed by atoms with Crippen LogP contribution in [0.15, 0.2) is 54.6 Å². The Balaban J connectivity index is 1.61. The van der Waals surface area contributed by atoms with Gasteiger partial charge in [-0.15, -0.1) is 0 Å². The fraction of sp³-hybridized carbons (Fsp3) is 0.200. The Labute approximate surface area is 151 Å². The lowest BCUT2D eigenvalue weighted by atomic mass is 10.1. The number of hydrogen-bond acceptors (Lipinski definition) is 3. The normalized spacial score (nSPS) is 10.6. The van der Waals surface area contributed by atoms with E-state index >= 15 is 0 Å². The monoisotopic (exact) mass is 353 g/mol. The number of carbonyl (C=O) groups is 1. The van der Waals surface area contributed by atoms with Crippen LogP contribution < -0.4 is 10.1 Å². The van der Waals surface area contributed by atoms with Crippen LogP contribution in [0.25, 0.3) is 5.69 Å². The fourth-order valence-electron chi connectivity index (χ4n) is 2.63. The Morgan fingerprint density at radius 1 is 1.15 bits per heavy atom. The number of aromatic nitrogens is 2. The van der Waals surface area contributed by atoms with Gasteiger partial charge in [-0.25, -0.2) is 9.07 Å². The molecule has 0 radical (unpaired) electrons. The van der Waals surface area contributed by atoms with Gasteiger partial charge in [-0.05, 0) is 61.4 Å². The molecule has 6 heteroatoms. The molecule has 0 saturated heterocycles. The van der Waals surface area contributed by atoms with Crippen molar-refractivity contribution in [2.24, 2.45) is 0 Å². The minimum absolute atomic E-state index is 0.234. The summed E-state index contributed by atoms with van der Waals surface area (Å²) >= 11 is 0. The topological polar surface area (TPSA) is 56.1 Å². The molecular formula is C20H20FN3O2. The maximum atomic E-state index is 13.1. The van der Waals surface area contributed by atoms with E-state index in [0.717, 1.165) is 17.0 Å². The van der Waals surface area contributed by atoms with Crippen molar-refractivity contribution in [3.8, 4) is 11.4 Å². The molecule has 5 nitrogen and oxygen atoms in total. The van der Waals surface area contributed by atoms with Crippen LogP contribution in [0, 0.1) is 12.7 Å². The Kier molecular flexibility index (Phi) is 5.31. The van der Waals surface area contributed by atoms with Crippen LogP contribution >= 0.6 is 0 Å². The molecule has 0 aliphatic heterocycles.